The smallest absolute Gasteiger partial charge is 0.262 e. The molecule has 0 fully saturated rings. The van der Waals surface area contributed by atoms with Crippen LogP contribution in [0.25, 0.3) is 0 Å². The number of halogens is 1. The summed E-state index contributed by atoms with van der Waals surface area (Å²) < 4.78 is 5.35. The first-order chi connectivity index (χ1) is 11.6. The van der Waals surface area contributed by atoms with Crippen molar-refractivity contribution in [2.24, 2.45) is 0 Å². The molecule has 6 heteroatoms. The van der Waals surface area contributed by atoms with Gasteiger partial charge in [0.05, 0.1) is 11.7 Å². The second-order valence-corrected chi connectivity index (χ2v) is 5.97. The zero-order chi connectivity index (χ0) is 17.1. The molecule has 124 valence electrons. The molecule has 2 aromatic carbocycles. The number of nitrogens with one attached hydrogen (secondary N) is 2. The molecule has 1 unspecified atom stereocenters. The lowest BCUT2D eigenvalue weighted by Gasteiger charge is -2.20. The van der Waals surface area contributed by atoms with Gasteiger partial charge in [0.1, 0.15) is 5.75 Å². The number of hydrogen-bond acceptors (Lipinski definition) is 3. The quantitative estimate of drug-likeness (QED) is 0.891. The minimum atomic E-state index is -0.200. The number of benzene rings is 2. The van der Waals surface area contributed by atoms with Crippen molar-refractivity contribution in [3.05, 3.63) is 58.6 Å². The molecule has 1 heterocycles. The van der Waals surface area contributed by atoms with Gasteiger partial charge in [-0.25, -0.2) is 0 Å². The molecule has 2 amide bonds. The van der Waals surface area contributed by atoms with Gasteiger partial charge in [0.2, 0.25) is 0 Å². The van der Waals surface area contributed by atoms with Crippen molar-refractivity contribution in [2.75, 3.05) is 11.9 Å². The van der Waals surface area contributed by atoms with E-state index >= 15 is 0 Å². The van der Waals surface area contributed by atoms with E-state index in [4.69, 9.17) is 16.3 Å². The Bertz CT molecular complexity index is 774. The Kier molecular flexibility index (Phi) is 4.71. The highest BCUT2D eigenvalue weighted by Crippen LogP contribution is 2.29. The molecule has 24 heavy (non-hydrogen) atoms. The van der Waals surface area contributed by atoms with Gasteiger partial charge in [-0.05, 0) is 42.3 Å². The summed E-state index contributed by atoms with van der Waals surface area (Å²) in [7, 11) is 0. The summed E-state index contributed by atoms with van der Waals surface area (Å²) in [5.41, 5.74) is 2.06. The predicted molar refractivity (Wildman–Crippen MR) is 92.5 cm³/mol. The van der Waals surface area contributed by atoms with Gasteiger partial charge in [-0.15, -0.1) is 0 Å². The van der Waals surface area contributed by atoms with Crippen LogP contribution in [0.4, 0.5) is 5.69 Å². The fourth-order valence-corrected chi connectivity index (χ4v) is 2.70. The number of carbonyl (C=O) groups is 2. The Hall–Kier alpha value is -2.53. The van der Waals surface area contributed by atoms with Crippen LogP contribution in [0.1, 0.15) is 35.3 Å². The number of hydrogen-bond donors (Lipinski definition) is 2. The molecule has 0 saturated carbocycles. The minimum absolute atomic E-state index is 0.0412. The van der Waals surface area contributed by atoms with E-state index in [0.29, 0.717) is 22.0 Å². The van der Waals surface area contributed by atoms with Crippen LogP contribution < -0.4 is 15.4 Å². The Morgan fingerprint density at radius 3 is 2.75 bits per heavy atom. The lowest BCUT2D eigenvalue weighted by Crippen LogP contribution is -2.29. The van der Waals surface area contributed by atoms with Crippen molar-refractivity contribution in [1.29, 1.82) is 0 Å². The van der Waals surface area contributed by atoms with Gasteiger partial charge in [0.25, 0.3) is 11.8 Å². The van der Waals surface area contributed by atoms with E-state index in [-0.39, 0.29) is 24.5 Å². The normalized spacial score (nSPS) is 14.2. The molecular formula is C18H17ClN2O3. The molecule has 1 aliphatic heterocycles. The van der Waals surface area contributed by atoms with Gasteiger partial charge in [0, 0.05) is 10.6 Å². The number of amides is 2. The molecule has 0 aliphatic carbocycles. The average Bonchev–Trinajstić information content (AvgIpc) is 2.60. The molecule has 1 aliphatic rings. The highest BCUT2D eigenvalue weighted by atomic mass is 35.5. The molecule has 3 rings (SSSR count). The molecule has 2 N–H and O–H groups in total. The molecule has 1 atom stereocenters. The molecule has 2 aromatic rings. The van der Waals surface area contributed by atoms with Crippen molar-refractivity contribution in [3.63, 3.8) is 0 Å². The van der Waals surface area contributed by atoms with Crippen LogP contribution >= 0.6 is 11.6 Å². The van der Waals surface area contributed by atoms with Crippen LogP contribution in [0.5, 0.6) is 5.75 Å². The van der Waals surface area contributed by atoms with Gasteiger partial charge < -0.3 is 15.4 Å². The average molecular weight is 345 g/mol. The Morgan fingerprint density at radius 2 is 2.04 bits per heavy atom. The predicted octanol–water partition coefficient (Wildman–Crippen LogP) is 3.55. The van der Waals surface area contributed by atoms with Crippen LogP contribution in [0, 0.1) is 0 Å². The third kappa shape index (κ3) is 3.51. The van der Waals surface area contributed by atoms with Crippen molar-refractivity contribution in [2.45, 2.75) is 19.4 Å². The van der Waals surface area contributed by atoms with Crippen LogP contribution in [-0.4, -0.2) is 18.4 Å². The van der Waals surface area contributed by atoms with Crippen LogP contribution in [-0.2, 0) is 4.79 Å². The lowest BCUT2D eigenvalue weighted by atomic mass is 10.0. The second kappa shape index (κ2) is 6.93. The number of rotatable bonds is 4. The van der Waals surface area contributed by atoms with Gasteiger partial charge in [0.15, 0.2) is 6.61 Å². The zero-order valence-corrected chi connectivity index (χ0v) is 13.9. The minimum Gasteiger partial charge on any atom is -0.482 e. The summed E-state index contributed by atoms with van der Waals surface area (Å²) in [6, 6.07) is 12.3. The van der Waals surface area contributed by atoms with Crippen molar-refractivity contribution < 1.29 is 14.3 Å². The monoisotopic (exact) mass is 344 g/mol. The highest BCUT2D eigenvalue weighted by Gasteiger charge is 2.19. The summed E-state index contributed by atoms with van der Waals surface area (Å²) in [4.78, 5) is 23.8. The fourth-order valence-electron chi connectivity index (χ4n) is 2.57. The first-order valence-corrected chi connectivity index (χ1v) is 8.07. The molecule has 0 spiro atoms. The number of carbonyl (C=O) groups excluding carboxylic acids is 2. The first kappa shape index (κ1) is 16.3. The topological polar surface area (TPSA) is 67.4 Å². The molecule has 0 saturated heterocycles. The van der Waals surface area contributed by atoms with E-state index in [0.717, 1.165) is 12.0 Å². The lowest BCUT2D eigenvalue weighted by molar-refractivity contribution is -0.118. The maximum Gasteiger partial charge on any atom is 0.262 e. The standard InChI is InChI=1S/C18H17ClN2O3/c1-2-14(11-3-6-13(19)7-4-11)21-18(23)12-5-8-15-16(9-12)24-10-17(22)20-15/h3-9,14H,2,10H2,1H3,(H,20,22)(H,21,23). The Balaban J connectivity index is 1.76. The summed E-state index contributed by atoms with van der Waals surface area (Å²) in [6.45, 7) is 1.96. The first-order valence-electron chi connectivity index (χ1n) is 7.70. The Morgan fingerprint density at radius 1 is 1.29 bits per heavy atom. The summed E-state index contributed by atoms with van der Waals surface area (Å²) in [5.74, 6) is 0.107. The molecular weight excluding hydrogens is 328 g/mol. The third-order valence-corrected chi connectivity index (χ3v) is 4.11. The van der Waals surface area contributed by atoms with E-state index in [1.807, 2.05) is 19.1 Å². The van der Waals surface area contributed by atoms with Crippen molar-refractivity contribution in [1.82, 2.24) is 5.32 Å². The molecule has 0 radical (unpaired) electrons. The summed E-state index contributed by atoms with van der Waals surface area (Å²) >= 11 is 5.91. The zero-order valence-electron chi connectivity index (χ0n) is 13.1. The van der Waals surface area contributed by atoms with E-state index in [1.54, 1.807) is 30.3 Å². The van der Waals surface area contributed by atoms with Crippen molar-refractivity contribution >= 4 is 29.1 Å². The summed E-state index contributed by atoms with van der Waals surface area (Å²) in [6.07, 6.45) is 0.755. The molecule has 5 nitrogen and oxygen atoms in total. The van der Waals surface area contributed by atoms with Gasteiger partial charge in [-0.1, -0.05) is 30.7 Å². The van der Waals surface area contributed by atoms with Gasteiger partial charge in [-0.2, -0.15) is 0 Å². The largest absolute Gasteiger partial charge is 0.482 e. The maximum atomic E-state index is 12.5. The highest BCUT2D eigenvalue weighted by molar-refractivity contribution is 6.30. The summed E-state index contributed by atoms with van der Waals surface area (Å²) in [5, 5.41) is 6.37. The van der Waals surface area contributed by atoms with Gasteiger partial charge >= 0.3 is 0 Å². The van der Waals surface area contributed by atoms with E-state index in [2.05, 4.69) is 10.6 Å². The van der Waals surface area contributed by atoms with Crippen LogP contribution in [0.15, 0.2) is 42.5 Å². The van der Waals surface area contributed by atoms with Crippen molar-refractivity contribution in [3.8, 4) is 5.75 Å². The van der Waals surface area contributed by atoms with Crippen LogP contribution in [0.2, 0.25) is 5.02 Å². The maximum absolute atomic E-state index is 12.5. The van der Waals surface area contributed by atoms with E-state index in [9.17, 15) is 9.59 Å². The molecule has 0 bridgehead atoms. The van der Waals surface area contributed by atoms with Crippen LogP contribution in [0.3, 0.4) is 0 Å². The van der Waals surface area contributed by atoms with E-state index < -0.39 is 0 Å². The third-order valence-electron chi connectivity index (χ3n) is 3.86. The SMILES string of the molecule is CCC(NC(=O)c1ccc2c(c1)OCC(=O)N2)c1ccc(Cl)cc1. The second-order valence-electron chi connectivity index (χ2n) is 5.53. The fraction of sp³-hybridized carbons (Fsp3) is 0.222. The van der Waals surface area contributed by atoms with E-state index in [1.165, 1.54) is 0 Å². The Labute approximate surface area is 145 Å². The number of anilines is 1. The number of fused-ring (bicyclic) bond motifs is 1. The number of ether oxygens (including phenoxy) is 1. The van der Waals surface area contributed by atoms with Gasteiger partial charge in [-0.3, -0.25) is 9.59 Å². The molecule has 0 aromatic heterocycles.